The molecule has 1 aliphatic heterocycles. The van der Waals surface area contributed by atoms with Gasteiger partial charge in [0, 0.05) is 38.4 Å². The van der Waals surface area contributed by atoms with Crippen LogP contribution in [0.1, 0.15) is 19.4 Å². The molecule has 6 heteroatoms. The highest BCUT2D eigenvalue weighted by Crippen LogP contribution is 2.09. The Bertz CT molecular complexity index is 438. The fraction of sp³-hybridized carbons (Fsp3) is 0.714. The quantitative estimate of drug-likeness (QED) is 0.848. The van der Waals surface area contributed by atoms with E-state index in [9.17, 15) is 4.79 Å². The Balaban J connectivity index is 1.93. The zero-order valence-electron chi connectivity index (χ0n) is 12.5. The van der Waals surface area contributed by atoms with Crippen molar-refractivity contribution in [3.05, 3.63) is 18.0 Å². The lowest BCUT2D eigenvalue weighted by Gasteiger charge is -2.32. The monoisotopic (exact) mass is 280 g/mol. The van der Waals surface area contributed by atoms with Crippen molar-refractivity contribution < 1.29 is 9.53 Å². The number of nitrogens with one attached hydrogen (secondary N) is 1. The van der Waals surface area contributed by atoms with Crippen molar-refractivity contribution in [2.45, 2.75) is 26.4 Å². The van der Waals surface area contributed by atoms with E-state index in [2.05, 4.69) is 24.3 Å². The smallest absolute Gasteiger partial charge is 0.240 e. The molecule has 1 fully saturated rings. The van der Waals surface area contributed by atoms with E-state index in [0.717, 1.165) is 5.56 Å². The summed E-state index contributed by atoms with van der Waals surface area (Å²) in [5.74, 6) is 0.425. The van der Waals surface area contributed by atoms with Crippen LogP contribution in [0.2, 0.25) is 0 Å². The average Bonchev–Trinajstić information content (AvgIpc) is 2.85. The molecule has 2 rings (SSSR count). The highest BCUT2D eigenvalue weighted by molar-refractivity contribution is 5.82. The molecule has 112 valence electrons. The van der Waals surface area contributed by atoms with Crippen molar-refractivity contribution in [2.24, 2.45) is 13.0 Å². The number of aryl methyl sites for hydroxylation is 1. The van der Waals surface area contributed by atoms with Gasteiger partial charge in [0.15, 0.2) is 0 Å². The first-order valence-corrected chi connectivity index (χ1v) is 7.15. The van der Waals surface area contributed by atoms with Crippen molar-refractivity contribution >= 4 is 5.91 Å². The SMILES string of the molecule is CC(C)[C@H](NCc1cnn(C)c1)C(=O)N1CCOCC1. The molecule has 0 spiro atoms. The van der Waals surface area contributed by atoms with Gasteiger partial charge in [0.05, 0.1) is 25.5 Å². The second-order valence-electron chi connectivity index (χ2n) is 5.56. The molecule has 0 unspecified atom stereocenters. The summed E-state index contributed by atoms with van der Waals surface area (Å²) in [5.41, 5.74) is 1.09. The Hall–Kier alpha value is -1.40. The molecule has 6 nitrogen and oxygen atoms in total. The number of hydrogen-bond acceptors (Lipinski definition) is 4. The van der Waals surface area contributed by atoms with E-state index in [-0.39, 0.29) is 17.9 Å². The van der Waals surface area contributed by atoms with E-state index in [4.69, 9.17) is 4.74 Å². The van der Waals surface area contributed by atoms with Crippen molar-refractivity contribution in [1.82, 2.24) is 20.0 Å². The fourth-order valence-corrected chi connectivity index (χ4v) is 2.38. The molecule has 0 radical (unpaired) electrons. The summed E-state index contributed by atoms with van der Waals surface area (Å²) in [6, 6.07) is -0.159. The van der Waals surface area contributed by atoms with Gasteiger partial charge >= 0.3 is 0 Å². The Labute approximate surface area is 120 Å². The van der Waals surface area contributed by atoms with Crippen LogP contribution in [0.3, 0.4) is 0 Å². The molecule has 1 amide bonds. The van der Waals surface area contributed by atoms with E-state index in [0.29, 0.717) is 32.8 Å². The second-order valence-corrected chi connectivity index (χ2v) is 5.56. The number of hydrogen-bond donors (Lipinski definition) is 1. The molecule has 0 aliphatic carbocycles. The number of nitrogens with zero attached hydrogens (tertiary/aromatic N) is 3. The number of aromatic nitrogens is 2. The maximum atomic E-state index is 12.6. The molecule has 1 aliphatic rings. The third kappa shape index (κ3) is 3.80. The Morgan fingerprint density at radius 1 is 1.45 bits per heavy atom. The molecular formula is C14H24N4O2. The number of rotatable bonds is 5. The molecule has 20 heavy (non-hydrogen) atoms. The van der Waals surface area contributed by atoms with Gasteiger partial charge in [-0.05, 0) is 5.92 Å². The largest absolute Gasteiger partial charge is 0.378 e. The predicted octanol–water partition coefficient (Wildman–Crippen LogP) is 0.393. The highest BCUT2D eigenvalue weighted by Gasteiger charge is 2.27. The third-order valence-electron chi connectivity index (χ3n) is 3.54. The summed E-state index contributed by atoms with van der Waals surface area (Å²) in [5, 5.41) is 7.50. The minimum Gasteiger partial charge on any atom is -0.378 e. The molecular weight excluding hydrogens is 256 g/mol. The maximum absolute atomic E-state index is 12.6. The lowest BCUT2D eigenvalue weighted by atomic mass is 10.0. The molecule has 1 aromatic heterocycles. The van der Waals surface area contributed by atoms with E-state index in [1.807, 2.05) is 24.3 Å². The molecule has 1 atom stereocenters. The zero-order valence-corrected chi connectivity index (χ0v) is 12.5. The molecule has 0 saturated carbocycles. The molecule has 1 saturated heterocycles. The van der Waals surface area contributed by atoms with Crippen LogP contribution in [-0.2, 0) is 23.1 Å². The summed E-state index contributed by atoms with van der Waals surface area (Å²) in [4.78, 5) is 14.4. The van der Waals surface area contributed by atoms with Gasteiger partial charge in [0.25, 0.3) is 0 Å². The van der Waals surface area contributed by atoms with Gasteiger partial charge in [-0.25, -0.2) is 0 Å². The summed E-state index contributed by atoms with van der Waals surface area (Å²) in [7, 11) is 1.89. The zero-order chi connectivity index (χ0) is 14.5. The predicted molar refractivity (Wildman–Crippen MR) is 76.1 cm³/mol. The van der Waals surface area contributed by atoms with Crippen molar-refractivity contribution in [3.8, 4) is 0 Å². The molecule has 1 N–H and O–H groups in total. The molecule has 1 aromatic rings. The van der Waals surface area contributed by atoms with Crippen LogP contribution in [0.5, 0.6) is 0 Å². The standard InChI is InChI=1S/C14H24N4O2/c1-11(2)13(14(19)18-4-6-20-7-5-18)15-8-12-9-16-17(3)10-12/h9-11,13,15H,4-8H2,1-3H3/t13-/m0/s1. The molecule has 2 heterocycles. The van der Waals surface area contributed by atoms with Crippen molar-refractivity contribution in [1.29, 1.82) is 0 Å². The van der Waals surface area contributed by atoms with Crippen LogP contribution in [-0.4, -0.2) is 52.9 Å². The normalized spacial score (nSPS) is 17.5. The highest BCUT2D eigenvalue weighted by atomic mass is 16.5. The van der Waals surface area contributed by atoms with Crippen LogP contribution in [0.15, 0.2) is 12.4 Å². The van der Waals surface area contributed by atoms with Crippen LogP contribution in [0.25, 0.3) is 0 Å². The number of amides is 1. The maximum Gasteiger partial charge on any atom is 0.240 e. The Morgan fingerprint density at radius 3 is 2.70 bits per heavy atom. The van der Waals surface area contributed by atoms with Gasteiger partial charge in [-0.3, -0.25) is 9.48 Å². The minimum atomic E-state index is -0.159. The van der Waals surface area contributed by atoms with Gasteiger partial charge in [-0.2, -0.15) is 5.10 Å². The Morgan fingerprint density at radius 2 is 2.15 bits per heavy atom. The molecule has 0 aromatic carbocycles. The second kappa shape index (κ2) is 6.85. The lowest BCUT2D eigenvalue weighted by molar-refractivity contribution is -0.138. The Kier molecular flexibility index (Phi) is 5.14. The first-order valence-electron chi connectivity index (χ1n) is 7.15. The van der Waals surface area contributed by atoms with Gasteiger partial charge in [0.2, 0.25) is 5.91 Å². The van der Waals surface area contributed by atoms with Crippen molar-refractivity contribution in [3.63, 3.8) is 0 Å². The van der Waals surface area contributed by atoms with Gasteiger partial charge in [0.1, 0.15) is 0 Å². The summed E-state index contributed by atoms with van der Waals surface area (Å²) >= 11 is 0. The average molecular weight is 280 g/mol. The number of carbonyl (C=O) groups is 1. The summed E-state index contributed by atoms with van der Waals surface area (Å²) in [6.07, 6.45) is 3.78. The lowest BCUT2D eigenvalue weighted by Crippen LogP contribution is -2.52. The summed E-state index contributed by atoms with van der Waals surface area (Å²) in [6.45, 7) is 7.46. The minimum absolute atomic E-state index is 0.159. The first kappa shape index (κ1) is 15.0. The number of carbonyl (C=O) groups excluding carboxylic acids is 1. The van der Waals surface area contributed by atoms with Crippen LogP contribution in [0.4, 0.5) is 0 Å². The number of ether oxygens (including phenoxy) is 1. The van der Waals surface area contributed by atoms with Crippen LogP contribution in [0, 0.1) is 5.92 Å². The van der Waals surface area contributed by atoms with Crippen molar-refractivity contribution in [2.75, 3.05) is 26.3 Å². The van der Waals surface area contributed by atoms with Gasteiger partial charge in [-0.1, -0.05) is 13.8 Å². The van der Waals surface area contributed by atoms with E-state index in [1.54, 1.807) is 4.68 Å². The third-order valence-corrected chi connectivity index (χ3v) is 3.54. The van der Waals surface area contributed by atoms with E-state index >= 15 is 0 Å². The topological polar surface area (TPSA) is 59.4 Å². The summed E-state index contributed by atoms with van der Waals surface area (Å²) < 4.78 is 7.07. The number of morpholine rings is 1. The van der Waals surface area contributed by atoms with Crippen LogP contribution >= 0.6 is 0 Å². The van der Waals surface area contributed by atoms with Crippen LogP contribution < -0.4 is 5.32 Å². The van der Waals surface area contributed by atoms with Gasteiger partial charge in [-0.15, -0.1) is 0 Å². The van der Waals surface area contributed by atoms with E-state index in [1.165, 1.54) is 0 Å². The van der Waals surface area contributed by atoms with Gasteiger partial charge < -0.3 is 15.0 Å². The van der Waals surface area contributed by atoms with E-state index < -0.39 is 0 Å². The fourth-order valence-electron chi connectivity index (χ4n) is 2.38. The first-order chi connectivity index (χ1) is 9.58. The molecule has 0 bridgehead atoms.